The molecule has 0 unspecified atom stereocenters. The zero-order valence-electron chi connectivity index (χ0n) is 9.11. The number of nitrogens with zero attached hydrogens (tertiary/aromatic N) is 2. The van der Waals surface area contributed by atoms with Gasteiger partial charge < -0.3 is 0 Å². The molecule has 0 aliphatic carbocycles. The van der Waals surface area contributed by atoms with E-state index in [-0.39, 0.29) is 5.41 Å². The van der Waals surface area contributed by atoms with Crippen LogP contribution in [0.4, 0.5) is 8.78 Å². The minimum atomic E-state index is -3.44. The maximum Gasteiger partial charge on any atom is 0.364 e. The molecule has 0 amide bonds. The summed E-state index contributed by atoms with van der Waals surface area (Å²) in [5.41, 5.74) is -0.324. The van der Waals surface area contributed by atoms with Gasteiger partial charge in [-0.05, 0) is 24.6 Å². The summed E-state index contributed by atoms with van der Waals surface area (Å²) >= 11 is 4.93. The van der Waals surface area contributed by atoms with Gasteiger partial charge in [-0.2, -0.15) is 8.78 Å². The van der Waals surface area contributed by atoms with Crippen LogP contribution in [0, 0.1) is 6.92 Å². The highest BCUT2D eigenvalue weighted by Gasteiger charge is 2.32. The first-order chi connectivity index (χ1) is 6.60. The number of alkyl halides is 3. The summed E-state index contributed by atoms with van der Waals surface area (Å²) in [5, 5.41) is -3.44. The monoisotopic (exact) mass is 234 g/mol. The van der Waals surface area contributed by atoms with E-state index < -0.39 is 11.1 Å². The van der Waals surface area contributed by atoms with E-state index in [1.54, 1.807) is 6.92 Å². The SMILES string of the molecule is Cc1cc(C(F)(F)Cl)nc(C(C)(C)C)n1. The van der Waals surface area contributed by atoms with Crippen molar-refractivity contribution in [1.82, 2.24) is 9.97 Å². The molecule has 1 aromatic heterocycles. The molecule has 0 aliphatic heterocycles. The Bertz CT molecular complexity index is 334. The standard InChI is InChI=1S/C10H13ClF2N2/c1-6-5-7(10(11,12)13)15-8(14-6)9(2,3)4/h5H,1-4H3. The molecule has 0 aromatic carbocycles. The van der Waals surface area contributed by atoms with Gasteiger partial charge >= 0.3 is 5.38 Å². The summed E-state index contributed by atoms with van der Waals surface area (Å²) in [6.07, 6.45) is 0. The third-order valence-corrected chi connectivity index (χ3v) is 2.01. The Kier molecular flexibility index (Phi) is 3.01. The van der Waals surface area contributed by atoms with E-state index in [9.17, 15) is 8.78 Å². The number of halogens is 3. The Hall–Kier alpha value is -0.770. The summed E-state index contributed by atoms with van der Waals surface area (Å²) in [4.78, 5) is 7.90. The maximum atomic E-state index is 12.9. The molecule has 0 bridgehead atoms. The Morgan fingerprint density at radius 1 is 1.20 bits per heavy atom. The van der Waals surface area contributed by atoms with Crippen molar-refractivity contribution >= 4 is 11.6 Å². The number of aryl methyl sites for hydroxylation is 1. The highest BCUT2D eigenvalue weighted by atomic mass is 35.5. The largest absolute Gasteiger partial charge is 0.364 e. The van der Waals surface area contributed by atoms with Crippen molar-refractivity contribution in [1.29, 1.82) is 0 Å². The predicted molar refractivity (Wildman–Crippen MR) is 55.2 cm³/mol. The fraction of sp³-hybridized carbons (Fsp3) is 0.600. The lowest BCUT2D eigenvalue weighted by atomic mass is 9.95. The molecule has 2 nitrogen and oxygen atoms in total. The molecule has 0 saturated carbocycles. The van der Waals surface area contributed by atoms with Crippen molar-refractivity contribution < 1.29 is 8.78 Å². The van der Waals surface area contributed by atoms with Crippen LogP contribution in [0.5, 0.6) is 0 Å². The van der Waals surface area contributed by atoms with E-state index in [2.05, 4.69) is 9.97 Å². The molecule has 0 fully saturated rings. The van der Waals surface area contributed by atoms with Crippen LogP contribution in [0.2, 0.25) is 0 Å². The van der Waals surface area contributed by atoms with Crippen molar-refractivity contribution in [2.45, 2.75) is 38.5 Å². The Balaban J connectivity index is 3.30. The average molecular weight is 235 g/mol. The van der Waals surface area contributed by atoms with E-state index >= 15 is 0 Å². The highest BCUT2D eigenvalue weighted by molar-refractivity contribution is 6.21. The molecule has 84 valence electrons. The van der Waals surface area contributed by atoms with E-state index in [1.807, 2.05) is 20.8 Å². The first-order valence-electron chi connectivity index (χ1n) is 4.54. The van der Waals surface area contributed by atoms with E-state index in [1.165, 1.54) is 6.07 Å². The Labute approximate surface area is 92.7 Å². The molecule has 0 spiro atoms. The van der Waals surface area contributed by atoms with Gasteiger partial charge in [0.25, 0.3) is 0 Å². The lowest BCUT2D eigenvalue weighted by Crippen LogP contribution is -2.20. The fourth-order valence-electron chi connectivity index (χ4n) is 1.05. The van der Waals surface area contributed by atoms with Gasteiger partial charge in [0.2, 0.25) is 0 Å². The second kappa shape index (κ2) is 3.67. The molecule has 0 radical (unpaired) electrons. The molecule has 0 N–H and O–H groups in total. The second-order valence-electron chi connectivity index (χ2n) is 4.47. The molecule has 1 heterocycles. The van der Waals surface area contributed by atoms with Gasteiger partial charge in [0.15, 0.2) is 0 Å². The van der Waals surface area contributed by atoms with Crippen LogP contribution in [-0.2, 0) is 10.8 Å². The molecule has 1 rings (SSSR count). The lowest BCUT2D eigenvalue weighted by Gasteiger charge is -2.18. The van der Waals surface area contributed by atoms with Gasteiger partial charge in [0.05, 0.1) is 0 Å². The normalized spacial score (nSPS) is 13.0. The Morgan fingerprint density at radius 3 is 2.13 bits per heavy atom. The van der Waals surface area contributed by atoms with Gasteiger partial charge in [-0.15, -0.1) is 0 Å². The van der Waals surface area contributed by atoms with Gasteiger partial charge in [0, 0.05) is 11.1 Å². The summed E-state index contributed by atoms with van der Waals surface area (Å²) in [5.74, 6) is 0.373. The molecule has 1 aromatic rings. The molecule has 5 heteroatoms. The van der Waals surface area contributed by atoms with E-state index in [0.717, 1.165) is 0 Å². The molecule has 0 aliphatic rings. The van der Waals surface area contributed by atoms with Crippen LogP contribution in [0.3, 0.4) is 0 Å². The quantitative estimate of drug-likeness (QED) is 0.697. The average Bonchev–Trinajstić information content (AvgIpc) is 1.99. The van der Waals surface area contributed by atoms with Gasteiger partial charge in [-0.25, -0.2) is 9.97 Å². The van der Waals surface area contributed by atoms with Crippen molar-refractivity contribution in [2.24, 2.45) is 0 Å². The van der Waals surface area contributed by atoms with Crippen LogP contribution in [0.1, 0.15) is 38.0 Å². The second-order valence-corrected chi connectivity index (χ2v) is 4.94. The molecular formula is C10H13ClF2N2. The molecular weight excluding hydrogens is 222 g/mol. The summed E-state index contributed by atoms with van der Waals surface area (Å²) in [7, 11) is 0. The summed E-state index contributed by atoms with van der Waals surface area (Å²) in [6.45, 7) is 7.22. The fourth-order valence-corrected chi connectivity index (χ4v) is 1.15. The molecule has 15 heavy (non-hydrogen) atoms. The first-order valence-corrected chi connectivity index (χ1v) is 4.92. The van der Waals surface area contributed by atoms with Crippen LogP contribution in [0.15, 0.2) is 6.07 Å². The first kappa shape index (κ1) is 12.3. The number of hydrogen-bond acceptors (Lipinski definition) is 2. The van der Waals surface area contributed by atoms with Crippen LogP contribution in [-0.4, -0.2) is 9.97 Å². The van der Waals surface area contributed by atoms with Crippen LogP contribution >= 0.6 is 11.6 Å². The van der Waals surface area contributed by atoms with E-state index in [4.69, 9.17) is 11.6 Å². The van der Waals surface area contributed by atoms with E-state index in [0.29, 0.717) is 11.5 Å². The lowest BCUT2D eigenvalue weighted by molar-refractivity contribution is 0.0891. The topological polar surface area (TPSA) is 25.8 Å². The Morgan fingerprint density at radius 2 is 1.73 bits per heavy atom. The van der Waals surface area contributed by atoms with Crippen molar-refractivity contribution in [3.05, 3.63) is 23.3 Å². The molecule has 0 atom stereocenters. The van der Waals surface area contributed by atoms with Crippen LogP contribution in [0.25, 0.3) is 0 Å². The maximum absolute atomic E-state index is 12.9. The zero-order valence-corrected chi connectivity index (χ0v) is 9.86. The smallest absolute Gasteiger partial charge is 0.238 e. The third-order valence-electron chi connectivity index (χ3n) is 1.82. The highest BCUT2D eigenvalue weighted by Crippen LogP contribution is 2.32. The van der Waals surface area contributed by atoms with Gasteiger partial charge in [0.1, 0.15) is 11.5 Å². The van der Waals surface area contributed by atoms with Crippen molar-refractivity contribution in [2.75, 3.05) is 0 Å². The predicted octanol–water partition coefficient (Wildman–Crippen LogP) is 3.37. The third kappa shape index (κ3) is 3.09. The summed E-state index contributed by atoms with van der Waals surface area (Å²) < 4.78 is 25.8. The number of rotatable bonds is 1. The van der Waals surface area contributed by atoms with Crippen molar-refractivity contribution in [3.8, 4) is 0 Å². The minimum absolute atomic E-state index is 0.372. The number of aromatic nitrogens is 2. The summed E-state index contributed by atoms with van der Waals surface area (Å²) in [6, 6.07) is 1.20. The molecule has 0 saturated heterocycles. The minimum Gasteiger partial charge on any atom is -0.238 e. The van der Waals surface area contributed by atoms with Gasteiger partial charge in [-0.3, -0.25) is 0 Å². The zero-order chi connectivity index (χ0) is 11.9. The van der Waals surface area contributed by atoms with Gasteiger partial charge in [-0.1, -0.05) is 20.8 Å². The van der Waals surface area contributed by atoms with Crippen LogP contribution < -0.4 is 0 Å². The van der Waals surface area contributed by atoms with Crippen molar-refractivity contribution in [3.63, 3.8) is 0 Å². The number of hydrogen-bond donors (Lipinski definition) is 0.